The number of hydrogen-bond donors (Lipinski definition) is 1. The number of nitrogens with zero attached hydrogens (tertiary/aromatic N) is 4. The second kappa shape index (κ2) is 13.2. The SMILES string of the molecule is C=C(/C=C\C(OC)=C(C)C)C1CCC(CN(C(=O)C2CCC(O)CC2)c2cccc(-n3ncc(C)n3)c2)CC1. The zero-order chi connectivity index (χ0) is 27.9. The van der Waals surface area contributed by atoms with Gasteiger partial charge in [-0.05, 0) is 114 Å². The molecule has 0 saturated heterocycles. The van der Waals surface area contributed by atoms with Crippen molar-refractivity contribution in [3.8, 4) is 5.69 Å². The Morgan fingerprint density at radius 1 is 1.10 bits per heavy atom. The van der Waals surface area contributed by atoms with Crippen LogP contribution in [0.2, 0.25) is 0 Å². The number of hydrogen-bond acceptors (Lipinski definition) is 5. The van der Waals surface area contributed by atoms with Crippen molar-refractivity contribution in [2.75, 3.05) is 18.6 Å². The van der Waals surface area contributed by atoms with Gasteiger partial charge in [0, 0.05) is 18.2 Å². The van der Waals surface area contributed by atoms with Crippen molar-refractivity contribution < 1.29 is 14.6 Å². The van der Waals surface area contributed by atoms with Gasteiger partial charge in [-0.3, -0.25) is 4.79 Å². The molecule has 0 spiro atoms. The zero-order valence-electron chi connectivity index (χ0n) is 24.0. The van der Waals surface area contributed by atoms with Gasteiger partial charge in [-0.1, -0.05) is 24.3 Å². The first kappa shape index (κ1) is 28.8. The molecule has 1 amide bonds. The van der Waals surface area contributed by atoms with E-state index >= 15 is 0 Å². The first-order valence-corrected chi connectivity index (χ1v) is 14.3. The van der Waals surface area contributed by atoms with Crippen LogP contribution >= 0.6 is 0 Å². The fourth-order valence-electron chi connectivity index (χ4n) is 5.85. The number of aliphatic hydroxyl groups is 1. The van der Waals surface area contributed by atoms with Crippen molar-refractivity contribution in [2.45, 2.75) is 78.2 Å². The minimum atomic E-state index is -0.283. The molecule has 1 N–H and O–H groups in total. The molecule has 0 atom stereocenters. The molecule has 210 valence electrons. The average molecular weight is 533 g/mol. The molecule has 7 heteroatoms. The van der Waals surface area contributed by atoms with E-state index in [-0.39, 0.29) is 17.9 Å². The van der Waals surface area contributed by atoms with E-state index in [1.54, 1.807) is 18.1 Å². The summed E-state index contributed by atoms with van der Waals surface area (Å²) in [5.41, 5.74) is 4.87. The number of aryl methyl sites for hydroxylation is 1. The molecule has 1 aromatic carbocycles. The second-order valence-corrected chi connectivity index (χ2v) is 11.4. The Balaban J connectivity index is 1.47. The second-order valence-electron chi connectivity index (χ2n) is 11.4. The van der Waals surface area contributed by atoms with E-state index in [0.29, 0.717) is 31.2 Å². The average Bonchev–Trinajstić information content (AvgIpc) is 3.38. The molecular formula is C32H44N4O3. The van der Waals surface area contributed by atoms with Gasteiger partial charge in [0.05, 0.1) is 30.8 Å². The van der Waals surface area contributed by atoms with Gasteiger partial charge in [0.25, 0.3) is 0 Å². The highest BCUT2D eigenvalue weighted by molar-refractivity contribution is 5.95. The topological polar surface area (TPSA) is 80.5 Å². The lowest BCUT2D eigenvalue weighted by atomic mass is 9.78. The van der Waals surface area contributed by atoms with E-state index < -0.39 is 0 Å². The highest BCUT2D eigenvalue weighted by atomic mass is 16.5. The van der Waals surface area contributed by atoms with Crippen LogP contribution in [0.4, 0.5) is 5.69 Å². The van der Waals surface area contributed by atoms with Gasteiger partial charge in [-0.25, -0.2) is 0 Å². The van der Waals surface area contributed by atoms with E-state index in [2.05, 4.69) is 22.9 Å². The van der Waals surface area contributed by atoms with Crippen LogP contribution in [0.15, 0.2) is 66.1 Å². The van der Waals surface area contributed by atoms with Crippen LogP contribution in [0.25, 0.3) is 5.69 Å². The molecule has 2 fully saturated rings. The standard InChI is InChI=1S/C32H44N4O3/c1-22(2)31(39-5)18-9-23(3)26-12-10-25(11-13-26)21-35(32(38)27-14-16-30(37)17-15-27)28-7-6-8-29(19-28)36-33-20-24(4)34-36/h6-9,18-20,25-27,30,37H,3,10-17,21H2,1-2,4-5H3/b18-9-. The van der Waals surface area contributed by atoms with E-state index in [1.807, 2.05) is 56.0 Å². The predicted molar refractivity (Wildman–Crippen MR) is 156 cm³/mol. The van der Waals surface area contributed by atoms with Gasteiger partial charge in [0.2, 0.25) is 5.91 Å². The van der Waals surface area contributed by atoms with Gasteiger partial charge in [-0.15, -0.1) is 0 Å². The quantitative estimate of drug-likeness (QED) is 0.302. The molecule has 2 aliphatic rings. The van der Waals surface area contributed by atoms with Crippen LogP contribution in [-0.4, -0.2) is 45.8 Å². The molecule has 7 nitrogen and oxygen atoms in total. The maximum absolute atomic E-state index is 13.9. The summed E-state index contributed by atoms with van der Waals surface area (Å²) in [5.74, 6) is 1.89. The van der Waals surface area contributed by atoms with Gasteiger partial charge >= 0.3 is 0 Å². The third-order valence-corrected chi connectivity index (χ3v) is 8.26. The van der Waals surface area contributed by atoms with Gasteiger partial charge in [0.1, 0.15) is 5.76 Å². The Kier molecular flexibility index (Phi) is 9.78. The number of methoxy groups -OCH3 is 1. The smallest absolute Gasteiger partial charge is 0.230 e. The molecule has 4 rings (SSSR count). The summed E-state index contributed by atoms with van der Waals surface area (Å²) in [4.78, 5) is 17.5. The molecule has 0 radical (unpaired) electrons. The fourth-order valence-corrected chi connectivity index (χ4v) is 5.85. The molecular weight excluding hydrogens is 488 g/mol. The summed E-state index contributed by atoms with van der Waals surface area (Å²) in [6.07, 6.45) is 12.7. The van der Waals surface area contributed by atoms with Crippen molar-refractivity contribution in [2.24, 2.45) is 17.8 Å². The number of aliphatic hydroxyl groups excluding tert-OH is 1. The van der Waals surface area contributed by atoms with Gasteiger partial charge < -0.3 is 14.7 Å². The Bertz CT molecular complexity index is 1190. The molecule has 2 saturated carbocycles. The highest BCUT2D eigenvalue weighted by Gasteiger charge is 2.32. The van der Waals surface area contributed by atoms with Crippen molar-refractivity contribution >= 4 is 11.6 Å². The van der Waals surface area contributed by atoms with Crippen LogP contribution in [-0.2, 0) is 9.53 Å². The Morgan fingerprint density at radius 3 is 2.41 bits per heavy atom. The molecule has 2 aliphatic carbocycles. The first-order chi connectivity index (χ1) is 18.7. The van der Waals surface area contributed by atoms with Crippen LogP contribution in [0.5, 0.6) is 0 Å². The van der Waals surface area contributed by atoms with Crippen LogP contribution in [0.1, 0.15) is 70.9 Å². The monoisotopic (exact) mass is 532 g/mol. The Hall–Kier alpha value is -3.19. The lowest BCUT2D eigenvalue weighted by molar-refractivity contribution is -0.124. The number of aromatic nitrogens is 3. The predicted octanol–water partition coefficient (Wildman–Crippen LogP) is 6.32. The maximum Gasteiger partial charge on any atom is 0.230 e. The minimum Gasteiger partial charge on any atom is -0.497 e. The highest BCUT2D eigenvalue weighted by Crippen LogP contribution is 2.36. The number of carbonyl (C=O) groups is 1. The summed E-state index contributed by atoms with van der Waals surface area (Å²) in [6.45, 7) is 11.1. The molecule has 1 heterocycles. The lowest BCUT2D eigenvalue weighted by Gasteiger charge is -2.36. The minimum absolute atomic E-state index is 0.0477. The van der Waals surface area contributed by atoms with E-state index in [0.717, 1.165) is 72.5 Å². The number of anilines is 1. The Morgan fingerprint density at radius 2 is 1.79 bits per heavy atom. The maximum atomic E-state index is 13.9. The summed E-state index contributed by atoms with van der Waals surface area (Å²) in [7, 11) is 1.70. The number of allylic oxidation sites excluding steroid dienone is 4. The summed E-state index contributed by atoms with van der Waals surface area (Å²) >= 11 is 0. The van der Waals surface area contributed by atoms with Crippen molar-refractivity contribution in [1.29, 1.82) is 0 Å². The summed E-state index contributed by atoms with van der Waals surface area (Å²) < 4.78 is 5.46. The lowest BCUT2D eigenvalue weighted by Crippen LogP contribution is -2.42. The largest absolute Gasteiger partial charge is 0.497 e. The molecule has 1 aromatic heterocycles. The first-order valence-electron chi connectivity index (χ1n) is 14.3. The third kappa shape index (κ3) is 7.47. The number of rotatable bonds is 9. The van der Waals surface area contributed by atoms with Crippen molar-refractivity contribution in [3.05, 3.63) is 71.8 Å². The number of ether oxygens (including phenoxy) is 1. The van der Waals surface area contributed by atoms with Crippen LogP contribution in [0.3, 0.4) is 0 Å². The van der Waals surface area contributed by atoms with E-state index in [4.69, 9.17) is 4.74 Å². The number of benzene rings is 1. The van der Waals surface area contributed by atoms with E-state index in [1.165, 1.54) is 0 Å². The van der Waals surface area contributed by atoms with Gasteiger partial charge in [-0.2, -0.15) is 15.0 Å². The number of amides is 1. The van der Waals surface area contributed by atoms with E-state index in [9.17, 15) is 9.90 Å². The molecule has 0 aliphatic heterocycles. The molecule has 0 bridgehead atoms. The third-order valence-electron chi connectivity index (χ3n) is 8.26. The summed E-state index contributed by atoms with van der Waals surface area (Å²) in [6, 6.07) is 7.98. The molecule has 0 unspecified atom stereocenters. The van der Waals surface area contributed by atoms with Crippen molar-refractivity contribution in [1.82, 2.24) is 15.0 Å². The fraction of sp³-hybridized carbons (Fsp3) is 0.531. The normalized spacial score (nSPS) is 23.4. The molecule has 39 heavy (non-hydrogen) atoms. The zero-order valence-corrected chi connectivity index (χ0v) is 24.0. The van der Waals surface area contributed by atoms with Crippen LogP contribution < -0.4 is 4.90 Å². The Labute approximate surface area is 233 Å². The van der Waals surface area contributed by atoms with Crippen molar-refractivity contribution in [3.63, 3.8) is 0 Å². The van der Waals surface area contributed by atoms with Gasteiger partial charge in [0.15, 0.2) is 0 Å². The van der Waals surface area contributed by atoms with Crippen LogP contribution in [0, 0.1) is 24.7 Å². The number of carbonyl (C=O) groups excluding carboxylic acids is 1. The summed E-state index contributed by atoms with van der Waals surface area (Å²) in [5, 5.41) is 18.8. The molecule has 2 aromatic rings.